The Labute approximate surface area is 137 Å². The third-order valence-corrected chi connectivity index (χ3v) is 4.20. The number of halogens is 1. The van der Waals surface area contributed by atoms with Gasteiger partial charge in [-0.3, -0.25) is 4.79 Å². The largest absolute Gasteiger partial charge is 0.326 e. The van der Waals surface area contributed by atoms with Crippen LogP contribution in [0.4, 0.5) is 5.69 Å². The Balaban J connectivity index is 1.66. The number of thiazole rings is 1. The molecule has 0 atom stereocenters. The van der Waals surface area contributed by atoms with Crippen molar-refractivity contribution in [3.05, 3.63) is 70.7 Å². The first-order chi connectivity index (χ1) is 10.7. The van der Waals surface area contributed by atoms with Crippen molar-refractivity contribution in [1.29, 1.82) is 0 Å². The molecular weight excluding hydrogens is 316 g/mol. The summed E-state index contributed by atoms with van der Waals surface area (Å²) >= 11 is 7.44. The third kappa shape index (κ3) is 3.72. The molecule has 0 unspecified atom stereocenters. The number of rotatable bonds is 4. The minimum atomic E-state index is -0.104. The summed E-state index contributed by atoms with van der Waals surface area (Å²) < 4.78 is 0. The molecule has 0 fully saturated rings. The van der Waals surface area contributed by atoms with Gasteiger partial charge in [0.2, 0.25) is 5.91 Å². The lowest BCUT2D eigenvalue weighted by atomic mass is 10.2. The van der Waals surface area contributed by atoms with Crippen LogP contribution in [0.1, 0.15) is 5.69 Å². The van der Waals surface area contributed by atoms with Gasteiger partial charge in [-0.1, -0.05) is 48.0 Å². The minimum absolute atomic E-state index is 0.104. The number of anilines is 1. The Morgan fingerprint density at radius 2 is 1.95 bits per heavy atom. The lowest BCUT2D eigenvalue weighted by Crippen LogP contribution is -2.14. The number of nitrogens with zero attached hydrogens (tertiary/aromatic N) is 1. The first kappa shape index (κ1) is 14.8. The maximum atomic E-state index is 12.0. The van der Waals surface area contributed by atoms with Crippen molar-refractivity contribution in [3.63, 3.8) is 0 Å². The molecule has 5 heteroatoms. The predicted octanol–water partition coefficient (Wildman–Crippen LogP) is 4.64. The molecule has 3 rings (SSSR count). The monoisotopic (exact) mass is 328 g/mol. The second-order valence-electron chi connectivity index (χ2n) is 4.75. The molecule has 2 aromatic carbocycles. The van der Waals surface area contributed by atoms with E-state index in [0.717, 1.165) is 16.3 Å². The van der Waals surface area contributed by atoms with Gasteiger partial charge in [-0.05, 0) is 18.2 Å². The molecule has 0 spiro atoms. The van der Waals surface area contributed by atoms with Crippen LogP contribution in [-0.4, -0.2) is 10.9 Å². The van der Waals surface area contributed by atoms with Crippen LogP contribution in [-0.2, 0) is 11.2 Å². The van der Waals surface area contributed by atoms with Gasteiger partial charge < -0.3 is 5.32 Å². The van der Waals surface area contributed by atoms with Crippen molar-refractivity contribution in [1.82, 2.24) is 4.98 Å². The number of benzene rings is 2. The molecule has 22 heavy (non-hydrogen) atoms. The highest BCUT2D eigenvalue weighted by Crippen LogP contribution is 2.23. The molecule has 1 amide bonds. The lowest BCUT2D eigenvalue weighted by Gasteiger charge is -2.04. The van der Waals surface area contributed by atoms with Gasteiger partial charge in [0.05, 0.1) is 12.1 Å². The number of carbonyl (C=O) groups is 1. The Kier molecular flexibility index (Phi) is 4.51. The van der Waals surface area contributed by atoms with E-state index in [9.17, 15) is 4.79 Å². The van der Waals surface area contributed by atoms with Crippen molar-refractivity contribution in [2.75, 3.05) is 5.32 Å². The lowest BCUT2D eigenvalue weighted by molar-refractivity contribution is -0.115. The van der Waals surface area contributed by atoms with Crippen LogP contribution in [0.3, 0.4) is 0 Å². The van der Waals surface area contributed by atoms with Gasteiger partial charge in [0.15, 0.2) is 0 Å². The fraction of sp³-hybridized carbons (Fsp3) is 0.0588. The Hall–Kier alpha value is -2.17. The van der Waals surface area contributed by atoms with E-state index in [1.165, 1.54) is 0 Å². The normalized spacial score (nSPS) is 10.4. The predicted molar refractivity (Wildman–Crippen MR) is 91.3 cm³/mol. The van der Waals surface area contributed by atoms with Crippen LogP contribution in [0.5, 0.6) is 0 Å². The van der Waals surface area contributed by atoms with E-state index < -0.39 is 0 Å². The maximum Gasteiger partial charge on any atom is 0.230 e. The summed E-state index contributed by atoms with van der Waals surface area (Å²) in [5.74, 6) is -0.104. The van der Waals surface area contributed by atoms with Crippen LogP contribution >= 0.6 is 22.9 Å². The van der Waals surface area contributed by atoms with E-state index in [1.54, 1.807) is 35.6 Å². The van der Waals surface area contributed by atoms with E-state index in [2.05, 4.69) is 10.3 Å². The van der Waals surface area contributed by atoms with E-state index in [4.69, 9.17) is 11.6 Å². The first-order valence-electron chi connectivity index (χ1n) is 6.76. The van der Waals surface area contributed by atoms with Crippen molar-refractivity contribution in [3.8, 4) is 10.6 Å². The number of carbonyl (C=O) groups excluding carboxylic acids is 1. The third-order valence-electron chi connectivity index (χ3n) is 3.02. The Morgan fingerprint density at radius 1 is 1.14 bits per heavy atom. The van der Waals surface area contributed by atoms with Crippen molar-refractivity contribution in [2.45, 2.75) is 6.42 Å². The van der Waals surface area contributed by atoms with Gasteiger partial charge in [-0.2, -0.15) is 0 Å². The van der Waals surface area contributed by atoms with Crippen LogP contribution in [0.15, 0.2) is 60.0 Å². The second-order valence-corrected chi connectivity index (χ2v) is 6.04. The zero-order valence-electron chi connectivity index (χ0n) is 11.6. The van der Waals surface area contributed by atoms with Gasteiger partial charge in [-0.15, -0.1) is 11.3 Å². The fourth-order valence-corrected chi connectivity index (χ4v) is 3.05. The van der Waals surface area contributed by atoms with Crippen LogP contribution in [0.2, 0.25) is 5.02 Å². The molecule has 0 saturated carbocycles. The molecule has 0 aliphatic carbocycles. The second kappa shape index (κ2) is 6.73. The summed E-state index contributed by atoms with van der Waals surface area (Å²) in [6.07, 6.45) is 0.246. The maximum absolute atomic E-state index is 12.0. The zero-order chi connectivity index (χ0) is 15.4. The van der Waals surface area contributed by atoms with Crippen LogP contribution in [0.25, 0.3) is 10.6 Å². The van der Waals surface area contributed by atoms with E-state index in [0.29, 0.717) is 10.7 Å². The number of nitrogens with one attached hydrogen (secondary N) is 1. The summed E-state index contributed by atoms with van der Waals surface area (Å²) in [6.45, 7) is 0. The number of hydrogen-bond donors (Lipinski definition) is 1. The summed E-state index contributed by atoms with van der Waals surface area (Å²) in [7, 11) is 0. The average molecular weight is 329 g/mol. The van der Waals surface area contributed by atoms with Gasteiger partial charge in [0.1, 0.15) is 5.01 Å². The average Bonchev–Trinajstić information content (AvgIpc) is 2.96. The van der Waals surface area contributed by atoms with E-state index >= 15 is 0 Å². The van der Waals surface area contributed by atoms with E-state index in [1.807, 2.05) is 35.7 Å². The van der Waals surface area contributed by atoms with Gasteiger partial charge in [0, 0.05) is 21.7 Å². The van der Waals surface area contributed by atoms with E-state index in [-0.39, 0.29) is 12.3 Å². The number of aromatic nitrogens is 1. The Morgan fingerprint density at radius 3 is 2.73 bits per heavy atom. The molecule has 3 aromatic rings. The molecule has 1 aromatic heterocycles. The summed E-state index contributed by atoms with van der Waals surface area (Å²) in [4.78, 5) is 16.6. The van der Waals surface area contributed by atoms with Crippen molar-refractivity contribution >= 4 is 34.5 Å². The summed E-state index contributed by atoms with van der Waals surface area (Å²) in [6, 6.07) is 17.0. The highest BCUT2D eigenvalue weighted by molar-refractivity contribution is 7.13. The quantitative estimate of drug-likeness (QED) is 0.757. The molecule has 0 bridgehead atoms. The highest BCUT2D eigenvalue weighted by Gasteiger charge is 2.09. The number of hydrogen-bond acceptors (Lipinski definition) is 3. The molecule has 0 aliphatic heterocycles. The van der Waals surface area contributed by atoms with Gasteiger partial charge >= 0.3 is 0 Å². The van der Waals surface area contributed by atoms with Crippen molar-refractivity contribution in [2.24, 2.45) is 0 Å². The molecule has 0 aliphatic rings. The highest BCUT2D eigenvalue weighted by atomic mass is 35.5. The molecule has 1 N–H and O–H groups in total. The first-order valence-corrected chi connectivity index (χ1v) is 8.02. The van der Waals surface area contributed by atoms with Crippen LogP contribution in [0, 0.1) is 0 Å². The topological polar surface area (TPSA) is 42.0 Å². The van der Waals surface area contributed by atoms with Gasteiger partial charge in [-0.25, -0.2) is 4.98 Å². The summed E-state index contributed by atoms with van der Waals surface area (Å²) in [5.41, 5.74) is 2.52. The van der Waals surface area contributed by atoms with Gasteiger partial charge in [0.25, 0.3) is 0 Å². The minimum Gasteiger partial charge on any atom is -0.326 e. The fourth-order valence-electron chi connectivity index (χ4n) is 2.04. The molecule has 110 valence electrons. The standard InChI is InChI=1S/C17H13ClN2OS/c18-13-7-4-8-14(9-13)19-16(21)10-15-11-22-17(20-15)12-5-2-1-3-6-12/h1-9,11H,10H2,(H,19,21). The smallest absolute Gasteiger partial charge is 0.230 e. The Bertz CT molecular complexity index is 786. The van der Waals surface area contributed by atoms with Crippen LogP contribution < -0.4 is 5.32 Å². The van der Waals surface area contributed by atoms with Crippen molar-refractivity contribution < 1.29 is 4.79 Å². The zero-order valence-corrected chi connectivity index (χ0v) is 13.2. The molecular formula is C17H13ClN2OS. The molecule has 1 heterocycles. The summed E-state index contributed by atoms with van der Waals surface area (Å²) in [5, 5.41) is 6.26. The molecule has 0 radical (unpaired) electrons. The molecule has 0 saturated heterocycles. The number of amides is 1. The molecule has 3 nitrogen and oxygen atoms in total. The SMILES string of the molecule is O=C(Cc1csc(-c2ccccc2)n1)Nc1cccc(Cl)c1.